The number of piperazine rings is 1. The Kier molecular flexibility index (Phi) is 4.45. The highest BCUT2D eigenvalue weighted by molar-refractivity contribution is 5.95. The number of hydrogen-bond donors (Lipinski definition) is 0. The van der Waals surface area contributed by atoms with Gasteiger partial charge in [0.1, 0.15) is 0 Å². The maximum Gasteiger partial charge on any atom is 0.254 e. The summed E-state index contributed by atoms with van der Waals surface area (Å²) >= 11 is 0. The Hall–Kier alpha value is -2.69. The molecule has 0 atom stereocenters. The molecule has 0 radical (unpaired) electrons. The Morgan fingerprint density at radius 2 is 1.81 bits per heavy atom. The van der Waals surface area contributed by atoms with Crippen LogP contribution in [-0.2, 0) is 6.42 Å². The van der Waals surface area contributed by atoms with Crippen molar-refractivity contribution in [2.45, 2.75) is 20.3 Å². The predicted molar refractivity (Wildman–Crippen MR) is 101 cm³/mol. The summed E-state index contributed by atoms with van der Waals surface area (Å²) in [5.41, 5.74) is 4.68. The first-order chi connectivity index (χ1) is 12.7. The van der Waals surface area contributed by atoms with Gasteiger partial charge in [-0.15, -0.1) is 0 Å². The van der Waals surface area contributed by atoms with Crippen LogP contribution in [0.4, 0.5) is 5.69 Å². The third-order valence-electron chi connectivity index (χ3n) is 5.20. The molecule has 0 saturated carbocycles. The topological polar surface area (TPSA) is 42.0 Å². The average Bonchev–Trinajstić information content (AvgIpc) is 3.15. The second kappa shape index (κ2) is 6.90. The first kappa shape index (κ1) is 16.8. The molecule has 0 aliphatic carbocycles. The first-order valence-corrected chi connectivity index (χ1v) is 9.19. The maximum absolute atomic E-state index is 12.8. The number of para-hydroxylation sites is 1. The zero-order valence-electron chi connectivity index (χ0n) is 15.3. The molecule has 1 amide bonds. The molecule has 2 aromatic rings. The van der Waals surface area contributed by atoms with Gasteiger partial charge in [-0.3, -0.25) is 4.79 Å². The Bertz CT molecular complexity index is 826. The van der Waals surface area contributed by atoms with Gasteiger partial charge in [-0.1, -0.05) is 25.1 Å². The van der Waals surface area contributed by atoms with Crippen molar-refractivity contribution in [1.82, 2.24) is 4.90 Å². The van der Waals surface area contributed by atoms with Crippen LogP contribution in [-0.4, -0.2) is 43.8 Å². The van der Waals surface area contributed by atoms with E-state index in [0.29, 0.717) is 17.1 Å². The number of aryl methyl sites for hydroxylation is 2. The molecule has 2 aromatic carbocycles. The van der Waals surface area contributed by atoms with Crippen molar-refractivity contribution in [3.8, 4) is 11.5 Å². The van der Waals surface area contributed by atoms with Gasteiger partial charge in [0.15, 0.2) is 11.5 Å². The van der Waals surface area contributed by atoms with Crippen LogP contribution in [0.2, 0.25) is 0 Å². The second-order valence-corrected chi connectivity index (χ2v) is 6.78. The normalized spacial score (nSPS) is 16.1. The van der Waals surface area contributed by atoms with Gasteiger partial charge in [-0.2, -0.15) is 0 Å². The number of rotatable bonds is 3. The second-order valence-electron chi connectivity index (χ2n) is 6.78. The van der Waals surface area contributed by atoms with Gasteiger partial charge in [0.05, 0.1) is 0 Å². The summed E-state index contributed by atoms with van der Waals surface area (Å²) in [6, 6.07) is 11.9. The van der Waals surface area contributed by atoms with Crippen molar-refractivity contribution in [2.75, 3.05) is 37.9 Å². The summed E-state index contributed by atoms with van der Waals surface area (Å²) in [5, 5.41) is 0. The average molecular weight is 352 g/mol. The fraction of sp³-hybridized carbons (Fsp3) is 0.381. The molecule has 4 rings (SSSR count). The largest absolute Gasteiger partial charge is 0.454 e. The fourth-order valence-corrected chi connectivity index (χ4v) is 3.80. The number of amides is 1. The Labute approximate surface area is 154 Å². The highest BCUT2D eigenvalue weighted by Gasteiger charge is 2.25. The van der Waals surface area contributed by atoms with Gasteiger partial charge in [0.25, 0.3) is 5.91 Å². The Morgan fingerprint density at radius 3 is 2.58 bits per heavy atom. The molecule has 2 aliphatic heterocycles. The van der Waals surface area contributed by atoms with Gasteiger partial charge in [-0.25, -0.2) is 0 Å². The fourth-order valence-electron chi connectivity index (χ4n) is 3.80. The third kappa shape index (κ3) is 2.98. The smallest absolute Gasteiger partial charge is 0.254 e. The summed E-state index contributed by atoms with van der Waals surface area (Å²) in [6.45, 7) is 7.75. The number of carbonyl (C=O) groups is 1. The standard InChI is InChI=1S/C21H24N2O3/c1-3-16-6-4-5-15(2)20(16)22-9-11-23(12-10-22)21(24)17-7-8-18-19(13-17)26-14-25-18/h4-8,13H,3,9-12,14H2,1-2H3. The van der Waals surface area contributed by atoms with E-state index >= 15 is 0 Å². The molecule has 2 heterocycles. The zero-order chi connectivity index (χ0) is 18.1. The zero-order valence-corrected chi connectivity index (χ0v) is 15.3. The van der Waals surface area contributed by atoms with Gasteiger partial charge in [0.2, 0.25) is 6.79 Å². The molecular weight excluding hydrogens is 328 g/mol. The van der Waals surface area contributed by atoms with E-state index in [1.165, 1.54) is 16.8 Å². The molecular formula is C21H24N2O3. The van der Waals surface area contributed by atoms with E-state index in [9.17, 15) is 4.79 Å². The molecule has 0 aromatic heterocycles. The molecule has 5 nitrogen and oxygen atoms in total. The highest BCUT2D eigenvalue weighted by Crippen LogP contribution is 2.33. The molecule has 2 aliphatic rings. The van der Waals surface area contributed by atoms with E-state index in [4.69, 9.17) is 9.47 Å². The highest BCUT2D eigenvalue weighted by atomic mass is 16.7. The molecule has 0 bridgehead atoms. The van der Waals surface area contributed by atoms with E-state index in [1.807, 2.05) is 17.0 Å². The van der Waals surface area contributed by atoms with Crippen LogP contribution in [0.15, 0.2) is 36.4 Å². The minimum Gasteiger partial charge on any atom is -0.454 e. The lowest BCUT2D eigenvalue weighted by atomic mass is 10.0. The number of fused-ring (bicyclic) bond motifs is 1. The van der Waals surface area contributed by atoms with E-state index in [2.05, 4.69) is 36.9 Å². The summed E-state index contributed by atoms with van der Waals surface area (Å²) in [5.74, 6) is 1.42. The van der Waals surface area contributed by atoms with E-state index in [1.54, 1.807) is 6.07 Å². The van der Waals surface area contributed by atoms with Crippen molar-refractivity contribution in [3.63, 3.8) is 0 Å². The van der Waals surface area contributed by atoms with Crippen molar-refractivity contribution in [2.24, 2.45) is 0 Å². The summed E-state index contributed by atoms with van der Waals surface area (Å²) in [6.07, 6.45) is 1.02. The predicted octanol–water partition coefficient (Wildman–Crippen LogP) is 3.25. The lowest BCUT2D eigenvalue weighted by molar-refractivity contribution is 0.0746. The monoisotopic (exact) mass is 352 g/mol. The first-order valence-electron chi connectivity index (χ1n) is 9.19. The minimum absolute atomic E-state index is 0.0587. The Balaban J connectivity index is 1.46. The van der Waals surface area contributed by atoms with Crippen molar-refractivity contribution in [1.29, 1.82) is 0 Å². The van der Waals surface area contributed by atoms with Gasteiger partial charge in [0, 0.05) is 37.4 Å². The van der Waals surface area contributed by atoms with E-state index < -0.39 is 0 Å². The summed E-state index contributed by atoms with van der Waals surface area (Å²) in [4.78, 5) is 17.2. The molecule has 136 valence electrons. The van der Waals surface area contributed by atoms with Crippen LogP contribution in [0.1, 0.15) is 28.4 Å². The van der Waals surface area contributed by atoms with Crippen LogP contribution in [0, 0.1) is 6.92 Å². The van der Waals surface area contributed by atoms with Gasteiger partial charge < -0.3 is 19.3 Å². The molecule has 0 unspecified atom stereocenters. The van der Waals surface area contributed by atoms with E-state index in [0.717, 1.165) is 32.6 Å². The van der Waals surface area contributed by atoms with Crippen LogP contribution in [0.3, 0.4) is 0 Å². The van der Waals surface area contributed by atoms with Crippen molar-refractivity contribution >= 4 is 11.6 Å². The number of ether oxygens (including phenoxy) is 2. The number of carbonyl (C=O) groups excluding carboxylic acids is 1. The lowest BCUT2D eigenvalue weighted by Gasteiger charge is -2.37. The van der Waals surface area contributed by atoms with Gasteiger partial charge >= 0.3 is 0 Å². The summed E-state index contributed by atoms with van der Waals surface area (Å²) < 4.78 is 10.7. The minimum atomic E-state index is 0.0587. The molecule has 26 heavy (non-hydrogen) atoms. The van der Waals surface area contributed by atoms with E-state index in [-0.39, 0.29) is 12.7 Å². The van der Waals surface area contributed by atoms with Gasteiger partial charge in [-0.05, 0) is 42.7 Å². The Morgan fingerprint density at radius 1 is 1.04 bits per heavy atom. The molecule has 1 fully saturated rings. The van der Waals surface area contributed by atoms with Crippen LogP contribution < -0.4 is 14.4 Å². The molecule has 0 spiro atoms. The quantitative estimate of drug-likeness (QED) is 0.850. The maximum atomic E-state index is 12.8. The summed E-state index contributed by atoms with van der Waals surface area (Å²) in [7, 11) is 0. The molecule has 5 heteroatoms. The number of benzene rings is 2. The number of anilines is 1. The van der Waals surface area contributed by atoms with Crippen molar-refractivity contribution < 1.29 is 14.3 Å². The lowest BCUT2D eigenvalue weighted by Crippen LogP contribution is -2.49. The molecule has 0 N–H and O–H groups in total. The van der Waals surface area contributed by atoms with Crippen LogP contribution in [0.25, 0.3) is 0 Å². The number of hydrogen-bond acceptors (Lipinski definition) is 4. The third-order valence-corrected chi connectivity index (χ3v) is 5.20. The van der Waals surface area contributed by atoms with Crippen LogP contribution >= 0.6 is 0 Å². The van der Waals surface area contributed by atoms with Crippen molar-refractivity contribution in [3.05, 3.63) is 53.1 Å². The SMILES string of the molecule is CCc1cccc(C)c1N1CCN(C(=O)c2ccc3c(c2)OCO3)CC1. The molecule has 1 saturated heterocycles. The van der Waals surface area contributed by atoms with Crippen LogP contribution in [0.5, 0.6) is 11.5 Å². The number of nitrogens with zero attached hydrogens (tertiary/aromatic N) is 2.